The van der Waals surface area contributed by atoms with E-state index in [1.165, 1.54) is 0 Å². The molecule has 0 atom stereocenters. The van der Waals surface area contributed by atoms with E-state index >= 15 is 0 Å². The van der Waals surface area contributed by atoms with Crippen molar-refractivity contribution < 1.29 is 52.0 Å². The quantitative estimate of drug-likeness (QED) is 0.538. The van der Waals surface area contributed by atoms with Gasteiger partial charge in [-0.15, -0.1) is 0 Å². The Morgan fingerprint density at radius 3 is 1.45 bits per heavy atom. The van der Waals surface area contributed by atoms with Gasteiger partial charge >= 0.3 is 22.4 Å². The number of nitrogens with one attached hydrogen (secondary N) is 1. The fraction of sp³-hybridized carbons (Fsp3) is 1.00. The number of alkyl halides is 8. The number of sulfonamides is 1. The molecule has 0 rings (SSSR count). The van der Waals surface area contributed by atoms with Crippen LogP contribution in [-0.4, -0.2) is 46.2 Å². The summed E-state index contributed by atoms with van der Waals surface area (Å²) in [7, 11) is -11.9. The van der Waals surface area contributed by atoms with Crippen molar-refractivity contribution in [3.8, 4) is 0 Å². The van der Waals surface area contributed by atoms with Gasteiger partial charge in [-0.2, -0.15) is 35.1 Å². The highest BCUT2D eigenvalue weighted by molar-refractivity contribution is 7.90. The van der Waals surface area contributed by atoms with E-state index in [4.69, 9.17) is 0 Å². The van der Waals surface area contributed by atoms with Gasteiger partial charge in [0.05, 0.1) is 0 Å². The first kappa shape index (κ1) is 19.3. The van der Waals surface area contributed by atoms with E-state index in [-0.39, 0.29) is 7.05 Å². The third-order valence-corrected chi connectivity index (χ3v) is 4.18. The third kappa shape index (κ3) is 2.34. The molecule has 20 heavy (non-hydrogen) atoms. The zero-order chi connectivity index (χ0) is 16.8. The van der Waals surface area contributed by atoms with Crippen molar-refractivity contribution >= 4 is 20.7 Å². The van der Waals surface area contributed by atoms with Gasteiger partial charge in [-0.25, -0.2) is 21.6 Å². The minimum Gasteiger partial charge on any atom is -0.225 e. The van der Waals surface area contributed by atoms with Gasteiger partial charge in [0.2, 0.25) is 10.7 Å². The summed E-state index contributed by atoms with van der Waals surface area (Å²) in [5.74, 6) is -14.4. The Bertz CT molecular complexity index is 545. The summed E-state index contributed by atoms with van der Waals surface area (Å²) < 4.78 is 143. The van der Waals surface area contributed by atoms with Gasteiger partial charge in [-0.05, 0) is 7.05 Å². The van der Waals surface area contributed by atoms with Crippen LogP contribution >= 0.6 is 0 Å². The van der Waals surface area contributed by atoms with Gasteiger partial charge in [0.1, 0.15) is 0 Å². The molecule has 0 heterocycles. The monoisotopic (exact) mass is 359 g/mol. The Morgan fingerprint density at radius 2 is 1.20 bits per heavy atom. The molecular weight excluding hydrogens is 354 g/mol. The lowest BCUT2D eigenvalue weighted by atomic mass is 10.2. The molecule has 0 aliphatic carbocycles. The fourth-order valence-corrected chi connectivity index (χ4v) is 1.88. The summed E-state index contributed by atoms with van der Waals surface area (Å²) >= 11 is 0. The molecule has 0 fully saturated rings. The van der Waals surface area contributed by atoms with Crippen LogP contribution in [0.3, 0.4) is 0 Å². The lowest BCUT2D eigenvalue weighted by Crippen LogP contribution is -2.65. The lowest BCUT2D eigenvalue weighted by molar-refractivity contribution is -0.325. The van der Waals surface area contributed by atoms with E-state index in [2.05, 4.69) is 0 Å². The van der Waals surface area contributed by atoms with Crippen molar-refractivity contribution in [2.75, 3.05) is 7.05 Å². The average molecular weight is 359 g/mol. The SMILES string of the molecule is CNS(=O)(=O)C(F)(F)C(F)(F)C(F)(F)C(F)(F)[SH](=O)=O. The predicted octanol–water partition coefficient (Wildman–Crippen LogP) is 0.603. The molecular formula is C5H5F8NO4S2. The van der Waals surface area contributed by atoms with Gasteiger partial charge in [0.15, 0.2) is 0 Å². The highest BCUT2D eigenvalue weighted by Crippen LogP contribution is 2.54. The highest BCUT2D eigenvalue weighted by atomic mass is 32.2. The fourth-order valence-electron chi connectivity index (χ4n) is 0.783. The van der Waals surface area contributed by atoms with Crippen LogP contribution in [0.2, 0.25) is 0 Å². The van der Waals surface area contributed by atoms with Crippen molar-refractivity contribution in [3.05, 3.63) is 0 Å². The summed E-state index contributed by atoms with van der Waals surface area (Å²) in [6.07, 6.45) is 0. The van der Waals surface area contributed by atoms with Crippen molar-refractivity contribution in [2.24, 2.45) is 0 Å². The van der Waals surface area contributed by atoms with Gasteiger partial charge in [0, 0.05) is 0 Å². The molecule has 1 N–H and O–H groups in total. The molecule has 0 spiro atoms. The second-order valence-corrected chi connectivity index (χ2v) is 6.18. The van der Waals surface area contributed by atoms with Crippen LogP contribution in [0.15, 0.2) is 0 Å². The van der Waals surface area contributed by atoms with Crippen LogP contribution in [0.4, 0.5) is 35.1 Å². The minimum absolute atomic E-state index is 0.129. The molecule has 0 unspecified atom stereocenters. The molecule has 0 saturated carbocycles. The van der Waals surface area contributed by atoms with E-state index in [0.717, 1.165) is 0 Å². The maximum Gasteiger partial charge on any atom is 0.427 e. The number of rotatable bonds is 6. The third-order valence-electron chi connectivity index (χ3n) is 1.97. The first-order valence-corrected chi connectivity index (χ1v) is 6.75. The Balaban J connectivity index is 6.26. The topological polar surface area (TPSA) is 80.3 Å². The number of hydrogen-bond donors (Lipinski definition) is 2. The van der Waals surface area contributed by atoms with Crippen LogP contribution in [0.25, 0.3) is 0 Å². The zero-order valence-corrected chi connectivity index (χ0v) is 10.7. The standard InChI is InChI=1S/C5H5F8NO4S2/c1-14-20(17,18)5(12,13)3(8,9)2(6,7)4(10,11)19(15)16/h14,19H,1H3. The van der Waals surface area contributed by atoms with E-state index in [1.54, 1.807) is 0 Å². The molecule has 0 aromatic rings. The lowest BCUT2D eigenvalue weighted by Gasteiger charge is -2.33. The molecule has 0 aromatic heterocycles. The summed E-state index contributed by atoms with van der Waals surface area (Å²) in [6, 6.07) is 0. The van der Waals surface area contributed by atoms with E-state index in [1.807, 2.05) is 0 Å². The van der Waals surface area contributed by atoms with Crippen molar-refractivity contribution in [3.63, 3.8) is 0 Å². The number of hydrogen-bond acceptors (Lipinski definition) is 4. The van der Waals surface area contributed by atoms with Crippen molar-refractivity contribution in [2.45, 2.75) is 22.4 Å². The van der Waals surface area contributed by atoms with Crippen LogP contribution in [0.5, 0.6) is 0 Å². The molecule has 0 aliphatic rings. The van der Waals surface area contributed by atoms with Gasteiger partial charge in [0.25, 0.3) is 10.0 Å². The van der Waals surface area contributed by atoms with Gasteiger partial charge in [-0.1, -0.05) is 0 Å². The van der Waals surface area contributed by atoms with E-state index < -0.39 is 43.1 Å². The zero-order valence-electron chi connectivity index (χ0n) is 9.01. The van der Waals surface area contributed by atoms with Crippen LogP contribution in [-0.2, 0) is 20.7 Å². The number of thiol groups is 1. The first-order chi connectivity index (χ1) is 8.50. The predicted molar refractivity (Wildman–Crippen MR) is 48.1 cm³/mol. The van der Waals surface area contributed by atoms with Crippen molar-refractivity contribution in [1.82, 2.24) is 4.72 Å². The highest BCUT2D eigenvalue weighted by Gasteiger charge is 2.85. The summed E-state index contributed by atoms with van der Waals surface area (Å²) in [5.41, 5.74) is 0. The first-order valence-electron chi connectivity index (χ1n) is 4.09. The molecule has 0 bridgehead atoms. The second kappa shape index (κ2) is 4.94. The normalized spacial score (nSPS) is 15.7. The van der Waals surface area contributed by atoms with E-state index in [0.29, 0.717) is 4.72 Å². The molecule has 122 valence electrons. The molecule has 0 radical (unpaired) electrons. The molecule has 0 saturated heterocycles. The Labute approximate surface area is 107 Å². The second-order valence-electron chi connectivity index (χ2n) is 3.17. The van der Waals surface area contributed by atoms with Gasteiger partial charge < -0.3 is 0 Å². The Hall–Kier alpha value is -0.700. The average Bonchev–Trinajstić information content (AvgIpc) is 2.27. The molecule has 5 nitrogen and oxygen atoms in total. The van der Waals surface area contributed by atoms with Crippen LogP contribution in [0, 0.1) is 0 Å². The molecule has 0 aliphatic heterocycles. The largest absolute Gasteiger partial charge is 0.427 e. The summed E-state index contributed by atoms with van der Waals surface area (Å²) in [4.78, 5) is 0. The Kier molecular flexibility index (Phi) is 4.77. The van der Waals surface area contributed by atoms with Crippen LogP contribution < -0.4 is 4.72 Å². The van der Waals surface area contributed by atoms with E-state index in [9.17, 15) is 52.0 Å². The smallest absolute Gasteiger partial charge is 0.225 e. The molecule has 0 aromatic carbocycles. The Morgan fingerprint density at radius 1 is 0.850 bits per heavy atom. The van der Waals surface area contributed by atoms with Crippen molar-refractivity contribution in [1.29, 1.82) is 0 Å². The maximum atomic E-state index is 12.9. The molecule has 15 heteroatoms. The maximum absolute atomic E-state index is 12.9. The molecule has 0 amide bonds. The summed E-state index contributed by atoms with van der Waals surface area (Å²) in [6.45, 7) is 0. The van der Waals surface area contributed by atoms with Gasteiger partial charge in [-0.3, -0.25) is 0 Å². The van der Waals surface area contributed by atoms with Crippen LogP contribution in [0.1, 0.15) is 0 Å². The summed E-state index contributed by atoms with van der Waals surface area (Å²) in [5, 5.41) is -13.3. The minimum atomic E-state index is -7.21. The number of halogens is 8.